The van der Waals surface area contributed by atoms with E-state index in [1.54, 1.807) is 16.9 Å². The van der Waals surface area contributed by atoms with Crippen LogP contribution in [0.1, 0.15) is 42.1 Å². The van der Waals surface area contributed by atoms with E-state index in [-0.39, 0.29) is 17.5 Å². The molecule has 4 rings (SSSR count). The molecule has 2 aromatic heterocycles. The predicted octanol–water partition coefficient (Wildman–Crippen LogP) is 4.89. The number of benzene rings is 1. The number of anilines is 1. The van der Waals surface area contributed by atoms with Crippen LogP contribution in [0.25, 0.3) is 0 Å². The summed E-state index contributed by atoms with van der Waals surface area (Å²) in [6, 6.07) is 7.40. The van der Waals surface area contributed by atoms with Gasteiger partial charge >= 0.3 is 0 Å². The molecule has 3 aromatic rings. The normalized spacial score (nSPS) is 13.8. The van der Waals surface area contributed by atoms with Gasteiger partial charge in [0, 0.05) is 17.1 Å². The highest BCUT2D eigenvalue weighted by atomic mass is 35.5. The molecule has 6 nitrogen and oxygen atoms in total. The number of rotatable bonds is 7. The van der Waals surface area contributed by atoms with Crippen molar-refractivity contribution in [3.63, 3.8) is 0 Å². The first-order valence-corrected chi connectivity index (χ1v) is 9.77. The van der Waals surface area contributed by atoms with E-state index >= 15 is 0 Å². The van der Waals surface area contributed by atoms with Gasteiger partial charge in [0.05, 0.1) is 29.1 Å². The molecule has 0 aliphatic heterocycles. The largest absolute Gasteiger partial charge is 0.322 e. The second-order valence-corrected chi connectivity index (χ2v) is 7.74. The molecule has 1 aliphatic rings. The van der Waals surface area contributed by atoms with Crippen LogP contribution in [0.15, 0.2) is 36.7 Å². The van der Waals surface area contributed by atoms with Crippen molar-refractivity contribution in [1.82, 2.24) is 19.6 Å². The molecule has 0 atom stereocenters. The smallest absolute Gasteiger partial charge is 0.283 e. The summed E-state index contributed by atoms with van der Waals surface area (Å²) in [5.74, 6) is -0.315. The molecular weight excluding hydrogens is 423 g/mol. The molecule has 1 N–H and O–H groups in total. The topological polar surface area (TPSA) is 64.7 Å². The number of carbonyl (C=O) groups excluding carboxylic acids is 1. The molecule has 10 heteroatoms. The molecule has 152 valence electrons. The van der Waals surface area contributed by atoms with E-state index in [1.807, 2.05) is 18.2 Å². The monoisotopic (exact) mass is 439 g/mol. The third-order valence-electron chi connectivity index (χ3n) is 4.57. The van der Waals surface area contributed by atoms with Crippen LogP contribution in [0.4, 0.5) is 14.5 Å². The number of amides is 1. The molecule has 1 aliphatic carbocycles. The van der Waals surface area contributed by atoms with Gasteiger partial charge in [0.25, 0.3) is 6.43 Å². The molecule has 1 aromatic carbocycles. The summed E-state index contributed by atoms with van der Waals surface area (Å²) >= 11 is 12.1. The minimum atomic E-state index is -2.78. The van der Waals surface area contributed by atoms with Gasteiger partial charge in [0.2, 0.25) is 5.91 Å². The van der Waals surface area contributed by atoms with E-state index in [4.69, 9.17) is 23.2 Å². The van der Waals surface area contributed by atoms with Crippen molar-refractivity contribution in [2.24, 2.45) is 0 Å². The van der Waals surface area contributed by atoms with Crippen LogP contribution in [-0.4, -0.2) is 25.5 Å². The van der Waals surface area contributed by atoms with Crippen molar-refractivity contribution >= 4 is 34.8 Å². The van der Waals surface area contributed by atoms with Crippen molar-refractivity contribution in [3.05, 3.63) is 63.7 Å². The van der Waals surface area contributed by atoms with Gasteiger partial charge in [-0.25, -0.2) is 8.78 Å². The minimum absolute atomic E-state index is 0.0374. The number of nitrogens with zero attached hydrogens (tertiary/aromatic N) is 4. The highest BCUT2D eigenvalue weighted by Gasteiger charge is 2.34. The van der Waals surface area contributed by atoms with Gasteiger partial charge in [0.1, 0.15) is 12.2 Å². The summed E-state index contributed by atoms with van der Waals surface area (Å²) in [4.78, 5) is 12.4. The summed E-state index contributed by atoms with van der Waals surface area (Å²) in [7, 11) is 0. The van der Waals surface area contributed by atoms with E-state index in [1.165, 1.54) is 10.9 Å². The number of aromatic nitrogens is 4. The average Bonchev–Trinajstić information content (AvgIpc) is 3.31. The number of carbonyl (C=O) groups is 1. The lowest BCUT2D eigenvalue weighted by molar-refractivity contribution is -0.117. The Bertz CT molecular complexity index is 1050. The highest BCUT2D eigenvalue weighted by Crippen LogP contribution is 2.45. The zero-order valence-electron chi connectivity index (χ0n) is 15.2. The van der Waals surface area contributed by atoms with Gasteiger partial charge < -0.3 is 5.32 Å². The lowest BCUT2D eigenvalue weighted by Crippen LogP contribution is -2.20. The van der Waals surface area contributed by atoms with Crippen LogP contribution in [-0.2, 0) is 17.9 Å². The van der Waals surface area contributed by atoms with Crippen molar-refractivity contribution in [1.29, 1.82) is 0 Å². The van der Waals surface area contributed by atoms with Gasteiger partial charge in [-0.2, -0.15) is 10.2 Å². The molecule has 0 spiro atoms. The van der Waals surface area contributed by atoms with Gasteiger partial charge in [0.15, 0.2) is 0 Å². The average molecular weight is 440 g/mol. The first kappa shape index (κ1) is 19.8. The first-order valence-electron chi connectivity index (χ1n) is 9.01. The van der Waals surface area contributed by atoms with Crippen LogP contribution in [0.3, 0.4) is 0 Å². The summed E-state index contributed by atoms with van der Waals surface area (Å²) in [6.45, 7) is 0.298. The van der Waals surface area contributed by atoms with Gasteiger partial charge in [-0.1, -0.05) is 35.3 Å². The van der Waals surface area contributed by atoms with Crippen molar-refractivity contribution < 1.29 is 13.6 Å². The molecule has 1 fully saturated rings. The number of hydrogen-bond donors (Lipinski definition) is 1. The highest BCUT2D eigenvalue weighted by molar-refractivity contribution is 6.32. The van der Waals surface area contributed by atoms with E-state index in [2.05, 4.69) is 15.5 Å². The SMILES string of the molecule is O=C(Cn1nc(C(F)F)c(Cl)c1C1CC1)Nc1cnn(Cc2cccc(Cl)c2)c1. The lowest BCUT2D eigenvalue weighted by Gasteiger charge is -2.07. The molecule has 2 heterocycles. The Morgan fingerprint density at radius 1 is 1.31 bits per heavy atom. The fourth-order valence-electron chi connectivity index (χ4n) is 3.15. The molecule has 0 radical (unpaired) electrons. The molecule has 0 saturated heterocycles. The summed E-state index contributed by atoms with van der Waals surface area (Å²) in [5, 5.41) is 11.4. The second kappa shape index (κ2) is 8.12. The fraction of sp³-hybridized carbons (Fsp3) is 0.316. The van der Waals surface area contributed by atoms with Gasteiger partial charge in [-0.3, -0.25) is 14.2 Å². The second-order valence-electron chi connectivity index (χ2n) is 6.92. The van der Waals surface area contributed by atoms with Crippen LogP contribution < -0.4 is 5.32 Å². The van der Waals surface area contributed by atoms with Crippen LogP contribution >= 0.6 is 23.2 Å². The van der Waals surface area contributed by atoms with Crippen molar-refractivity contribution in [2.45, 2.75) is 38.3 Å². The quantitative estimate of drug-likeness (QED) is 0.569. The van der Waals surface area contributed by atoms with Crippen molar-refractivity contribution in [2.75, 3.05) is 5.32 Å². The van der Waals surface area contributed by atoms with E-state index in [9.17, 15) is 13.6 Å². The third-order valence-corrected chi connectivity index (χ3v) is 5.19. The van der Waals surface area contributed by atoms with Crippen LogP contribution in [0.5, 0.6) is 0 Å². The lowest BCUT2D eigenvalue weighted by atomic mass is 10.2. The van der Waals surface area contributed by atoms with E-state index in [0.29, 0.717) is 22.9 Å². The Morgan fingerprint density at radius 3 is 2.79 bits per heavy atom. The zero-order chi connectivity index (χ0) is 20.5. The summed E-state index contributed by atoms with van der Waals surface area (Å²) in [5.41, 5.74) is 1.50. The van der Waals surface area contributed by atoms with Crippen LogP contribution in [0.2, 0.25) is 10.0 Å². The number of nitrogens with one attached hydrogen (secondary N) is 1. The maximum Gasteiger partial charge on any atom is 0.283 e. The molecule has 0 unspecified atom stereocenters. The third kappa shape index (κ3) is 4.59. The van der Waals surface area contributed by atoms with Crippen molar-refractivity contribution in [3.8, 4) is 0 Å². The zero-order valence-corrected chi connectivity index (χ0v) is 16.7. The molecule has 1 saturated carbocycles. The fourth-order valence-corrected chi connectivity index (χ4v) is 3.74. The number of alkyl halides is 2. The van der Waals surface area contributed by atoms with Gasteiger partial charge in [-0.15, -0.1) is 0 Å². The summed E-state index contributed by atoms with van der Waals surface area (Å²) < 4.78 is 29.2. The Balaban J connectivity index is 1.43. The van der Waals surface area contributed by atoms with E-state index < -0.39 is 18.0 Å². The Morgan fingerprint density at radius 2 is 2.10 bits per heavy atom. The molecular formula is C19H17Cl2F2N5O. The Hall–Kier alpha value is -2.45. The Kier molecular flexibility index (Phi) is 5.56. The minimum Gasteiger partial charge on any atom is -0.322 e. The van der Waals surface area contributed by atoms with E-state index in [0.717, 1.165) is 18.4 Å². The molecule has 0 bridgehead atoms. The maximum atomic E-state index is 13.1. The van der Waals surface area contributed by atoms with Gasteiger partial charge in [-0.05, 0) is 30.5 Å². The maximum absolute atomic E-state index is 13.1. The Labute approximate surface area is 175 Å². The number of halogens is 4. The molecule has 29 heavy (non-hydrogen) atoms. The van der Waals surface area contributed by atoms with Crippen LogP contribution in [0, 0.1) is 0 Å². The first-order chi connectivity index (χ1) is 13.9. The molecule has 1 amide bonds. The summed E-state index contributed by atoms with van der Waals surface area (Å²) in [6.07, 6.45) is 2.12. The standard InChI is InChI=1S/C19H17Cl2F2N5O/c20-13-3-1-2-11(6-13)8-27-9-14(7-24-27)25-15(29)10-28-18(12-4-5-12)16(21)17(26-28)19(22)23/h1-3,6-7,9,12,19H,4-5,8,10H2,(H,25,29). The number of hydrogen-bond acceptors (Lipinski definition) is 3. The predicted molar refractivity (Wildman–Crippen MR) is 106 cm³/mol.